The molecule has 7 heterocycles. The van der Waals surface area contributed by atoms with Gasteiger partial charge in [-0.25, -0.2) is 8.78 Å². The number of carbonyl (C=O) groups is 10. The van der Waals surface area contributed by atoms with Crippen LogP contribution in [0.5, 0.6) is 0 Å². The fourth-order valence-corrected chi connectivity index (χ4v) is 14.9. The Morgan fingerprint density at radius 3 is 2.11 bits per heavy atom. The Hall–Kier alpha value is -7.69. The first kappa shape index (κ1) is 68.2. The second-order valence-corrected chi connectivity index (χ2v) is 28.6. The molecule has 3 aromatic carbocycles. The predicted molar refractivity (Wildman–Crippen MR) is 332 cm³/mol. The molecule has 0 bridgehead atoms. The minimum absolute atomic E-state index is 0.0125. The van der Waals surface area contributed by atoms with Gasteiger partial charge in [-0.15, -0.1) is 11.3 Å². The summed E-state index contributed by atoms with van der Waals surface area (Å²) in [4.78, 5) is 163. The normalized spacial score (nSPS) is 22.3. The van der Waals surface area contributed by atoms with Crippen LogP contribution in [-0.2, 0) is 55.6 Å². The number of nitrogens with two attached hydrogens (primary N) is 1. The third-order valence-electron chi connectivity index (χ3n) is 18.6. The van der Waals surface area contributed by atoms with Gasteiger partial charge in [0.05, 0.1) is 22.5 Å². The number of alkyl halides is 4. The number of thiophene rings is 1. The minimum Gasteiger partial charge on any atom is -0.382 e. The molecular formula is C63H76F4N11O13PS. The minimum atomic E-state index is -5.94. The van der Waals surface area contributed by atoms with Crippen molar-refractivity contribution in [3.8, 4) is 0 Å². The summed E-state index contributed by atoms with van der Waals surface area (Å²) in [6.45, 7) is 7.20. The maximum absolute atomic E-state index is 14.9. The standard InChI is InChI=1S/C63H76F4N11O13PS/c1-62(2,3)36-6-4-34(5-7-36)28-45(60(87)76-26-21-40(22-27-76)75-24-18-38(19-25-75)69-39-9-11-42-43(31-39)59(86)78(58(42)85)48-14-17-53(80)73-56(48)83)71-54(81)44(12-16-52(68)79)70-55(82)47-13-10-41-20-23-74(33-51(64)65)32-46(61(88)77(41)47)72-57(84)50-30-35-29-37(8-15-49(35)93-50)63(66,67)92(89,90)91/h4-9,11,15,29-31,38,40-41,44-48,51,69H,10,12-14,16-28,32-33H2,1-3H3,(H2,68,79)(H,70,82)(H,71,81)(H,72,84)(H,73,80,83)(H2,89,90,91)/t41-,44+,45+,46+,47+,48?/m1/s1. The van der Waals surface area contributed by atoms with Gasteiger partial charge in [0.1, 0.15) is 30.2 Å². The van der Waals surface area contributed by atoms with Crippen molar-refractivity contribution in [2.45, 2.75) is 164 Å². The van der Waals surface area contributed by atoms with E-state index in [1.54, 1.807) is 23.1 Å². The van der Waals surface area contributed by atoms with E-state index < -0.39 is 128 Å². The van der Waals surface area contributed by atoms with Gasteiger partial charge in [0.15, 0.2) is 0 Å². The Morgan fingerprint density at radius 2 is 1.45 bits per heavy atom. The average Bonchev–Trinajstić information content (AvgIpc) is 1.74. The highest BCUT2D eigenvalue weighted by atomic mass is 32.1. The zero-order valence-corrected chi connectivity index (χ0v) is 53.3. The van der Waals surface area contributed by atoms with Gasteiger partial charge in [-0.2, -0.15) is 8.78 Å². The van der Waals surface area contributed by atoms with Gasteiger partial charge < -0.3 is 51.5 Å². The van der Waals surface area contributed by atoms with Gasteiger partial charge in [0.25, 0.3) is 24.1 Å². The van der Waals surface area contributed by atoms with E-state index >= 15 is 0 Å². The van der Waals surface area contributed by atoms with Crippen LogP contribution in [0.3, 0.4) is 0 Å². The Balaban J connectivity index is 0.796. The summed E-state index contributed by atoms with van der Waals surface area (Å²) >= 11 is 0.813. The smallest absolute Gasteiger partial charge is 0.382 e. The molecule has 0 aliphatic carbocycles. The molecule has 1 unspecified atom stereocenters. The number of fused-ring (bicyclic) bond motifs is 3. The SMILES string of the molecule is CC(C)(C)c1ccc(C[C@H](NC(=O)[C@H](CCC(N)=O)NC(=O)[C@@H]2CC[C@@H]3CCN(CC(F)F)C[C@H](NC(=O)c4cc5cc(C(F)(F)P(=O)(O)O)ccc5s4)C(=O)N32)C(=O)N2CCC(N3CCC(Nc4ccc5c(c4)C(=O)N(C4CCC(=O)NC4=O)C5=O)CC3)CC2)cc1. The van der Waals surface area contributed by atoms with E-state index in [1.807, 2.05) is 24.3 Å². The molecule has 93 heavy (non-hydrogen) atoms. The summed E-state index contributed by atoms with van der Waals surface area (Å²) in [7, 11) is -5.94. The van der Waals surface area contributed by atoms with Crippen LogP contribution in [0.25, 0.3) is 10.1 Å². The van der Waals surface area contributed by atoms with E-state index in [4.69, 9.17) is 5.73 Å². The second kappa shape index (κ2) is 27.7. The molecule has 10 amide bonds. The average molecular weight is 1330 g/mol. The lowest BCUT2D eigenvalue weighted by atomic mass is 9.86. The first-order valence-corrected chi connectivity index (χ1v) is 33.6. The largest absolute Gasteiger partial charge is 0.399 e. The third-order valence-corrected chi connectivity index (χ3v) is 20.7. The molecule has 10 rings (SSSR count). The molecule has 0 saturated carbocycles. The molecule has 4 aromatic rings. The molecule has 5 fully saturated rings. The second-order valence-electron chi connectivity index (χ2n) is 25.9. The zero-order valence-electron chi connectivity index (χ0n) is 51.5. The van der Waals surface area contributed by atoms with Crippen molar-refractivity contribution >= 4 is 93.8 Å². The van der Waals surface area contributed by atoms with Crippen molar-refractivity contribution < 1.29 is 79.9 Å². The van der Waals surface area contributed by atoms with Crippen molar-refractivity contribution in [3.63, 3.8) is 0 Å². The number of anilines is 1. The fraction of sp³-hybridized carbons (Fsp3) is 0.524. The number of likely N-dealkylation sites (tertiary alicyclic amines) is 2. The number of nitrogens with one attached hydrogen (secondary N) is 5. The number of hydrogen-bond acceptors (Lipinski definition) is 15. The monoisotopic (exact) mass is 1330 g/mol. The number of benzene rings is 3. The number of imide groups is 2. The molecule has 6 atom stereocenters. The molecule has 1 aromatic heterocycles. The topological polar surface area (TPSA) is 331 Å². The fourth-order valence-electron chi connectivity index (χ4n) is 13.5. The number of primary amides is 1. The molecule has 24 nitrogen and oxygen atoms in total. The summed E-state index contributed by atoms with van der Waals surface area (Å²) in [5, 5.41) is 13.9. The van der Waals surface area contributed by atoms with Crippen LogP contribution in [0.1, 0.15) is 138 Å². The third kappa shape index (κ3) is 15.3. The van der Waals surface area contributed by atoms with E-state index in [0.717, 1.165) is 71.5 Å². The van der Waals surface area contributed by atoms with Crippen molar-refractivity contribution in [2.75, 3.05) is 51.1 Å². The van der Waals surface area contributed by atoms with Crippen LogP contribution in [0, 0.1) is 0 Å². The van der Waals surface area contributed by atoms with Gasteiger partial charge in [0, 0.05) is 92.6 Å². The number of amides is 10. The first-order valence-electron chi connectivity index (χ1n) is 31.2. The van der Waals surface area contributed by atoms with Gasteiger partial charge in [0.2, 0.25) is 41.4 Å². The van der Waals surface area contributed by atoms with E-state index in [1.165, 1.54) is 15.9 Å². The van der Waals surface area contributed by atoms with Crippen molar-refractivity contribution in [1.29, 1.82) is 0 Å². The highest BCUT2D eigenvalue weighted by Crippen LogP contribution is 2.59. The highest BCUT2D eigenvalue weighted by Gasteiger charge is 2.51. The van der Waals surface area contributed by atoms with Crippen LogP contribution in [0.4, 0.5) is 23.2 Å². The Kier molecular flexibility index (Phi) is 20.3. The van der Waals surface area contributed by atoms with Gasteiger partial charge in [-0.1, -0.05) is 51.1 Å². The molecule has 0 spiro atoms. The summed E-state index contributed by atoms with van der Waals surface area (Å²) in [5.74, 6) is -6.82. The Bertz CT molecular complexity index is 3640. The maximum atomic E-state index is 14.9. The Labute approximate surface area is 537 Å². The Morgan fingerprint density at radius 1 is 0.774 bits per heavy atom. The van der Waals surface area contributed by atoms with E-state index in [2.05, 4.69) is 52.3 Å². The van der Waals surface area contributed by atoms with E-state index in [9.17, 15) is 79.9 Å². The number of carbonyl (C=O) groups excluding carboxylic acids is 10. The molecule has 9 N–H and O–H groups in total. The lowest BCUT2D eigenvalue weighted by molar-refractivity contribution is -0.144. The van der Waals surface area contributed by atoms with Gasteiger partial charge in [-0.05, 0) is 116 Å². The predicted octanol–water partition coefficient (Wildman–Crippen LogP) is 4.30. The van der Waals surface area contributed by atoms with Crippen molar-refractivity contribution in [1.82, 2.24) is 45.8 Å². The van der Waals surface area contributed by atoms with Crippen molar-refractivity contribution in [2.24, 2.45) is 5.73 Å². The summed E-state index contributed by atoms with van der Waals surface area (Å²) in [5.41, 5.74) is 2.62. The molecule has 30 heteroatoms. The lowest BCUT2D eigenvalue weighted by Crippen LogP contribution is -2.62. The molecule has 0 radical (unpaired) electrons. The van der Waals surface area contributed by atoms with Crippen molar-refractivity contribution in [3.05, 3.63) is 99.4 Å². The first-order chi connectivity index (χ1) is 43.9. The van der Waals surface area contributed by atoms with Crippen LogP contribution in [0.2, 0.25) is 0 Å². The molecule has 6 aliphatic rings. The lowest BCUT2D eigenvalue weighted by Gasteiger charge is -2.42. The number of halogens is 4. The zero-order chi connectivity index (χ0) is 67.0. The van der Waals surface area contributed by atoms with Gasteiger partial charge >= 0.3 is 13.3 Å². The highest BCUT2D eigenvalue weighted by molar-refractivity contribution is 7.52. The number of nitrogens with zero attached hydrogens (tertiary/aromatic N) is 5. The molecule has 6 aliphatic heterocycles. The maximum Gasteiger partial charge on any atom is 0.399 e. The molecule has 500 valence electrons. The molecule has 5 saturated heterocycles. The summed E-state index contributed by atoms with van der Waals surface area (Å²) in [6, 6.07) is 9.51. The summed E-state index contributed by atoms with van der Waals surface area (Å²) in [6.07, 6.45) is -0.208. The number of rotatable bonds is 20. The van der Waals surface area contributed by atoms with E-state index in [-0.39, 0.29) is 107 Å². The van der Waals surface area contributed by atoms with Crippen LogP contribution < -0.4 is 32.3 Å². The van der Waals surface area contributed by atoms with E-state index in [0.29, 0.717) is 31.6 Å². The van der Waals surface area contributed by atoms with Crippen LogP contribution >= 0.6 is 18.9 Å². The van der Waals surface area contributed by atoms with Crippen LogP contribution in [-0.4, -0.2) is 194 Å². The summed E-state index contributed by atoms with van der Waals surface area (Å²) < 4.78 is 69.1. The number of hydrogen-bond donors (Lipinski definition) is 8. The quantitative estimate of drug-likeness (QED) is 0.0347. The van der Waals surface area contributed by atoms with Crippen LogP contribution in [0.15, 0.2) is 66.7 Å². The molecular weight excluding hydrogens is 1260 g/mol. The number of piperidine rings is 3. The van der Waals surface area contributed by atoms with Gasteiger partial charge in [-0.3, -0.25) is 67.6 Å².